The third kappa shape index (κ3) is 25.1. The fourth-order valence-electron chi connectivity index (χ4n) is 9.79. The van der Waals surface area contributed by atoms with Crippen molar-refractivity contribution in [3.8, 4) is 0 Å². The van der Waals surface area contributed by atoms with E-state index in [1.165, 1.54) is 0 Å². The number of carbonyl (C=O) groups is 2. The summed E-state index contributed by atoms with van der Waals surface area (Å²) in [5.41, 5.74) is 6.98. The van der Waals surface area contributed by atoms with Gasteiger partial charge >= 0.3 is 11.9 Å². The molecule has 1 fully saturated rings. The normalized spacial score (nSPS) is 37.8. The first-order valence-corrected chi connectivity index (χ1v) is 28.6. The zero-order chi connectivity index (χ0) is 58.9. The number of nitrogens with two attached hydrogens (primary N) is 1. The Morgan fingerprint density at radius 3 is 2.08 bits per heavy atom. The number of cyclic esters (lactones) is 1. The fraction of sp³-hybridized carbons (Fsp3) is 0.780. The Kier molecular flexibility index (Phi) is 32.6. The predicted octanol–water partition coefficient (Wildman–Crippen LogP) is 4.14. The van der Waals surface area contributed by atoms with Gasteiger partial charge in [-0.25, -0.2) is 4.79 Å². The van der Waals surface area contributed by atoms with E-state index in [0.29, 0.717) is 11.1 Å². The molecule has 0 amide bonds. The van der Waals surface area contributed by atoms with Gasteiger partial charge in [0, 0.05) is 82.5 Å². The number of allylic oxidation sites excluding steroid dienone is 6. The van der Waals surface area contributed by atoms with E-state index in [4.69, 9.17) is 19.9 Å². The number of carbonyl (C=O) groups excluding carboxylic acids is 2. The van der Waals surface area contributed by atoms with Crippen LogP contribution in [0.5, 0.6) is 0 Å². The Bertz CT molecular complexity index is 1930. The molecule has 2 aliphatic heterocycles. The van der Waals surface area contributed by atoms with Gasteiger partial charge < -0.3 is 81.6 Å². The molecule has 14 N–H and O–H groups in total. The molecule has 1 saturated heterocycles. The van der Waals surface area contributed by atoms with Crippen LogP contribution in [-0.2, 0) is 23.8 Å². The maximum Gasteiger partial charge on any atom is 0.334 e. The first-order valence-electron chi connectivity index (χ1n) is 28.6. The maximum absolute atomic E-state index is 13.7. The summed E-state index contributed by atoms with van der Waals surface area (Å²) < 4.78 is 18.0. The van der Waals surface area contributed by atoms with Crippen LogP contribution >= 0.6 is 0 Å². The minimum absolute atomic E-state index is 0.0395. The molecule has 0 aromatic carbocycles. The van der Waals surface area contributed by atoms with Gasteiger partial charge in [-0.15, -0.1) is 0 Å². The number of hydrogen-bond acceptors (Lipinski definition) is 17. The van der Waals surface area contributed by atoms with Crippen LogP contribution < -0.4 is 16.4 Å². The van der Waals surface area contributed by atoms with Crippen LogP contribution in [0.1, 0.15) is 152 Å². The van der Waals surface area contributed by atoms with Crippen LogP contribution in [0.2, 0.25) is 0 Å². The number of aliphatic hydroxyl groups excluding tert-OH is 9. The predicted molar refractivity (Wildman–Crippen MR) is 302 cm³/mol. The summed E-state index contributed by atoms with van der Waals surface area (Å²) in [6.07, 6.45) is 3.86. The van der Waals surface area contributed by atoms with Crippen LogP contribution in [0.3, 0.4) is 0 Å². The lowest BCUT2D eigenvalue weighted by Crippen LogP contribution is -2.60. The number of hydrogen-bond donors (Lipinski definition) is 13. The standard InChI is InChI=1S/C59H104N4O15/c1-35(2)53(60)57(74)76-45-29-43(64)28-44(65)30-48(67)36(3)21-18-23-40(7)54(39(6)20-16-14-12-13-15-17-27-63-58(61-10)62-11)77-56(73)41(8)24-19-22-37(4)49(68)33-50(69)42(9)47(66)26-25-38(5)52(71)34-59(75)55(72)51(70)32-46(31-45)78-59/h12-13,18-19,21-24,35,37-40,42-55,64-72,75H,14-17,20,25-34,60H2,1-11H3,(H2,61,62,63)/b13-12+,22-19-,23-18-,36-21-,41-24-/t37-,38-,39-,40+,42+,43+,44+,45-,46-,47+,48-,49+,50+,51+,52-,53-,54-,55-,59+/m0/s1. The molecule has 2 rings (SSSR count). The van der Waals surface area contributed by atoms with Crippen LogP contribution in [0, 0.1) is 35.5 Å². The largest absolute Gasteiger partial charge is 0.461 e. The summed E-state index contributed by atoms with van der Waals surface area (Å²) in [6.45, 7) is 16.7. The molecule has 19 nitrogen and oxygen atoms in total. The lowest BCUT2D eigenvalue weighted by atomic mass is 9.84. The molecule has 78 heavy (non-hydrogen) atoms. The van der Waals surface area contributed by atoms with E-state index >= 15 is 0 Å². The zero-order valence-corrected chi connectivity index (χ0v) is 48.7. The maximum atomic E-state index is 13.7. The molecule has 19 heteroatoms. The molecule has 0 aromatic rings. The van der Waals surface area contributed by atoms with Crippen LogP contribution in [0.15, 0.2) is 64.7 Å². The van der Waals surface area contributed by atoms with Crippen LogP contribution in [-0.4, -0.2) is 175 Å². The minimum Gasteiger partial charge on any atom is -0.461 e. The lowest BCUT2D eigenvalue weighted by molar-refractivity contribution is -0.333. The topological polar surface area (TPSA) is 327 Å². The lowest BCUT2D eigenvalue weighted by Gasteiger charge is -2.45. The Hall–Kier alpha value is -3.57. The second-order valence-electron chi connectivity index (χ2n) is 22.9. The summed E-state index contributed by atoms with van der Waals surface area (Å²) in [4.78, 5) is 31.0. The van der Waals surface area contributed by atoms with Gasteiger partial charge in [0.05, 0.1) is 54.9 Å². The minimum atomic E-state index is -2.46. The highest BCUT2D eigenvalue weighted by Gasteiger charge is 2.50. The highest BCUT2D eigenvalue weighted by molar-refractivity contribution is 5.88. The van der Waals surface area contributed by atoms with E-state index in [1.807, 2.05) is 20.0 Å². The van der Waals surface area contributed by atoms with Gasteiger partial charge in [-0.1, -0.05) is 97.1 Å². The highest BCUT2D eigenvalue weighted by atomic mass is 16.7. The summed E-state index contributed by atoms with van der Waals surface area (Å²) in [5, 5.41) is 118. The molecule has 0 unspecified atom stereocenters. The number of aliphatic hydroxyl groups is 10. The Balaban J connectivity index is 2.45. The van der Waals surface area contributed by atoms with Crippen molar-refractivity contribution in [2.75, 3.05) is 20.6 Å². The van der Waals surface area contributed by atoms with Gasteiger partial charge in [-0.3, -0.25) is 9.79 Å². The van der Waals surface area contributed by atoms with Crippen LogP contribution in [0.25, 0.3) is 0 Å². The Morgan fingerprint density at radius 1 is 0.808 bits per heavy atom. The van der Waals surface area contributed by atoms with Crippen molar-refractivity contribution < 1.29 is 74.9 Å². The van der Waals surface area contributed by atoms with E-state index in [0.717, 1.165) is 44.6 Å². The molecule has 2 bridgehead atoms. The van der Waals surface area contributed by atoms with Crippen molar-refractivity contribution in [1.29, 1.82) is 0 Å². The molecule has 0 spiro atoms. The molecule has 0 saturated carbocycles. The molecule has 0 aromatic heterocycles. The molecule has 0 aliphatic carbocycles. The number of ether oxygens (including phenoxy) is 3. The van der Waals surface area contributed by atoms with E-state index in [-0.39, 0.29) is 69.1 Å². The van der Waals surface area contributed by atoms with Crippen molar-refractivity contribution in [2.24, 2.45) is 46.2 Å². The third-order valence-electron chi connectivity index (χ3n) is 15.7. The van der Waals surface area contributed by atoms with Crippen LogP contribution in [0.4, 0.5) is 0 Å². The van der Waals surface area contributed by atoms with Gasteiger partial charge in [0.2, 0.25) is 0 Å². The van der Waals surface area contributed by atoms with E-state index in [2.05, 4.69) is 34.7 Å². The monoisotopic (exact) mass is 1110 g/mol. The molecule has 450 valence electrons. The quantitative estimate of drug-likeness (QED) is 0.0429. The summed E-state index contributed by atoms with van der Waals surface area (Å²) >= 11 is 0. The summed E-state index contributed by atoms with van der Waals surface area (Å²) in [5.74, 6) is -5.29. The van der Waals surface area contributed by atoms with E-state index in [1.54, 1.807) is 85.9 Å². The smallest absolute Gasteiger partial charge is 0.334 e. The highest BCUT2D eigenvalue weighted by Crippen LogP contribution is 2.36. The van der Waals surface area contributed by atoms with Crippen molar-refractivity contribution in [3.05, 3.63) is 59.8 Å². The average molecular weight is 1110 g/mol. The molecule has 19 atom stereocenters. The number of nitrogens with one attached hydrogen (secondary N) is 2. The molecular formula is C59H104N4O15. The molecule has 0 radical (unpaired) electrons. The third-order valence-corrected chi connectivity index (χ3v) is 15.7. The zero-order valence-electron chi connectivity index (χ0n) is 48.7. The molecular weight excluding hydrogens is 1000 g/mol. The van der Waals surface area contributed by atoms with Gasteiger partial charge in [-0.05, 0) is 88.5 Å². The fourth-order valence-corrected chi connectivity index (χ4v) is 9.79. The second-order valence-corrected chi connectivity index (χ2v) is 22.9. The van der Waals surface area contributed by atoms with Gasteiger partial charge in [0.25, 0.3) is 0 Å². The number of unbranched alkanes of at least 4 members (excludes halogenated alkanes) is 2. The number of esters is 2. The van der Waals surface area contributed by atoms with Crippen molar-refractivity contribution in [2.45, 2.75) is 237 Å². The SMILES string of the molecule is CN=C(NC)NCCC/C=C/CCC[C@H](C)[C@@H]1OC(=O)/C(C)=C\C=C/[C@H](C)[C@H](O)C[C@@H](O)[C@H](C)[C@H](O)CC[C@H](C)[C@@H](O)C[C@@]2(O)O[C@@H](C[C@@H](OC(=O)[C@@H](N)C(C)C)C[C@H](O)C[C@@H](O)C[C@H](O)/C(C)=C\C=C/[C@H]1C)C[C@@H](O)[C@@H]2O. The number of guanidine groups is 1. The van der Waals surface area contributed by atoms with Gasteiger partial charge in [0.1, 0.15) is 24.4 Å². The van der Waals surface area contributed by atoms with Crippen molar-refractivity contribution in [3.63, 3.8) is 0 Å². The number of rotatable bonds is 12. The van der Waals surface area contributed by atoms with E-state index < -0.39 is 121 Å². The number of nitrogens with zero attached hydrogens (tertiary/aromatic N) is 1. The first kappa shape index (κ1) is 70.5. The number of aliphatic imine (C=N–C) groups is 1. The van der Waals surface area contributed by atoms with Gasteiger partial charge in [-0.2, -0.15) is 0 Å². The van der Waals surface area contributed by atoms with Crippen molar-refractivity contribution in [1.82, 2.24) is 10.6 Å². The molecule has 2 heterocycles. The first-order chi connectivity index (χ1) is 36.6. The Labute approximate surface area is 465 Å². The summed E-state index contributed by atoms with van der Waals surface area (Å²) in [6, 6.07) is -1.02. The Morgan fingerprint density at radius 2 is 1.44 bits per heavy atom. The van der Waals surface area contributed by atoms with E-state index in [9.17, 15) is 60.7 Å². The van der Waals surface area contributed by atoms with Gasteiger partial charge in [0.15, 0.2) is 11.7 Å². The number of fused-ring (bicyclic) bond motifs is 2. The van der Waals surface area contributed by atoms with Crippen molar-refractivity contribution >= 4 is 17.9 Å². The molecule has 2 aliphatic rings. The second kappa shape index (κ2) is 36.0. The summed E-state index contributed by atoms with van der Waals surface area (Å²) in [7, 11) is 3.54. The average Bonchev–Trinajstić information content (AvgIpc) is 3.40.